The van der Waals surface area contributed by atoms with Crippen LogP contribution in [-0.4, -0.2) is 37.7 Å². The van der Waals surface area contributed by atoms with Gasteiger partial charge in [0.25, 0.3) is 5.91 Å². The largest absolute Gasteiger partial charge is 0.363 e. The molecule has 0 atom stereocenters. The Morgan fingerprint density at radius 3 is 2.50 bits per heavy atom. The summed E-state index contributed by atoms with van der Waals surface area (Å²) in [6, 6.07) is 6.06. The minimum Gasteiger partial charge on any atom is -0.363 e. The van der Waals surface area contributed by atoms with Gasteiger partial charge in [0.2, 0.25) is 0 Å². The number of carbonyl (C=O) groups excluding carboxylic acids is 1. The predicted molar refractivity (Wildman–Crippen MR) is 76.8 cm³/mol. The first kappa shape index (κ1) is 15.2. The second-order valence-corrected chi connectivity index (χ2v) is 5.18. The summed E-state index contributed by atoms with van der Waals surface area (Å²) >= 11 is 0. The van der Waals surface area contributed by atoms with Gasteiger partial charge in [0, 0.05) is 5.69 Å². The molecule has 0 aromatic heterocycles. The zero-order valence-corrected chi connectivity index (χ0v) is 11.9. The van der Waals surface area contributed by atoms with Crippen molar-refractivity contribution >= 4 is 24.0 Å². The zero-order valence-electron chi connectivity index (χ0n) is 11.1. The van der Waals surface area contributed by atoms with Crippen molar-refractivity contribution < 1.29 is 13.9 Å². The van der Waals surface area contributed by atoms with E-state index in [1.807, 2.05) is 0 Å². The number of carbonyl (C=O) groups is 1. The topological polar surface area (TPSA) is 41.6 Å². The van der Waals surface area contributed by atoms with Crippen molar-refractivity contribution in [3.63, 3.8) is 0 Å². The van der Waals surface area contributed by atoms with Gasteiger partial charge in [-0.15, -0.1) is 12.4 Å². The molecule has 1 spiro atoms. The zero-order chi connectivity index (χ0) is 13.3. The predicted octanol–water partition coefficient (Wildman–Crippen LogP) is 1.73. The summed E-state index contributed by atoms with van der Waals surface area (Å²) in [5.74, 6) is -0.350. The number of benzene rings is 1. The highest BCUT2D eigenvalue weighted by atomic mass is 35.5. The van der Waals surface area contributed by atoms with Gasteiger partial charge in [-0.05, 0) is 50.2 Å². The molecule has 0 unspecified atom stereocenters. The number of ether oxygens (including phenoxy) is 1. The molecule has 3 rings (SSSR count). The molecule has 0 saturated carbocycles. The van der Waals surface area contributed by atoms with Crippen LogP contribution < -0.4 is 10.2 Å². The average Bonchev–Trinajstić information content (AvgIpc) is 2.44. The van der Waals surface area contributed by atoms with Crippen LogP contribution in [0.4, 0.5) is 10.1 Å². The number of rotatable bonds is 1. The molecule has 20 heavy (non-hydrogen) atoms. The third-order valence-corrected chi connectivity index (χ3v) is 3.90. The van der Waals surface area contributed by atoms with E-state index in [0.29, 0.717) is 6.54 Å². The fourth-order valence-corrected chi connectivity index (χ4v) is 2.76. The molecule has 2 aliphatic rings. The number of amides is 1. The minimum absolute atomic E-state index is 0. The van der Waals surface area contributed by atoms with E-state index in [0.717, 1.165) is 31.6 Å². The molecular formula is C14H18ClFN2O2. The molecule has 2 saturated heterocycles. The SMILES string of the molecule is Cl.O=C1COC2(CCNCC2)CN1c1ccc(F)cc1. The summed E-state index contributed by atoms with van der Waals surface area (Å²) in [6.45, 7) is 2.48. The quantitative estimate of drug-likeness (QED) is 0.859. The number of piperidine rings is 1. The fraction of sp³-hybridized carbons (Fsp3) is 0.500. The Morgan fingerprint density at radius 1 is 1.20 bits per heavy atom. The molecule has 2 heterocycles. The van der Waals surface area contributed by atoms with Crippen molar-refractivity contribution in [2.75, 3.05) is 31.1 Å². The lowest BCUT2D eigenvalue weighted by Gasteiger charge is -2.44. The van der Waals surface area contributed by atoms with Crippen molar-refractivity contribution in [1.29, 1.82) is 0 Å². The Bertz CT molecular complexity index is 475. The van der Waals surface area contributed by atoms with Gasteiger partial charge in [-0.2, -0.15) is 0 Å². The van der Waals surface area contributed by atoms with Crippen LogP contribution in [0.25, 0.3) is 0 Å². The van der Waals surface area contributed by atoms with Crippen molar-refractivity contribution in [3.8, 4) is 0 Å². The van der Waals surface area contributed by atoms with Gasteiger partial charge in [0.05, 0.1) is 12.1 Å². The molecule has 6 heteroatoms. The lowest BCUT2D eigenvalue weighted by molar-refractivity contribution is -0.141. The Kier molecular flexibility index (Phi) is 4.62. The van der Waals surface area contributed by atoms with Crippen molar-refractivity contribution in [1.82, 2.24) is 5.32 Å². The third kappa shape index (κ3) is 2.95. The first-order chi connectivity index (χ1) is 9.19. The number of hydrogen-bond donors (Lipinski definition) is 1. The van der Waals surface area contributed by atoms with Gasteiger partial charge in [0.1, 0.15) is 12.4 Å². The standard InChI is InChI=1S/C14H17FN2O2.ClH/c15-11-1-3-12(4-2-11)17-10-14(19-9-13(17)18)5-7-16-8-6-14;/h1-4,16H,5-10H2;1H. The summed E-state index contributed by atoms with van der Waals surface area (Å²) in [5.41, 5.74) is 0.501. The van der Waals surface area contributed by atoms with E-state index in [1.165, 1.54) is 12.1 Å². The summed E-state index contributed by atoms with van der Waals surface area (Å²) in [4.78, 5) is 13.7. The molecule has 1 amide bonds. The molecule has 110 valence electrons. The second kappa shape index (κ2) is 6.08. The maximum absolute atomic E-state index is 13.0. The van der Waals surface area contributed by atoms with Crippen LogP contribution in [-0.2, 0) is 9.53 Å². The Morgan fingerprint density at radius 2 is 1.85 bits per heavy atom. The molecule has 2 aliphatic heterocycles. The van der Waals surface area contributed by atoms with E-state index in [-0.39, 0.29) is 36.3 Å². The van der Waals surface area contributed by atoms with Gasteiger partial charge in [-0.1, -0.05) is 0 Å². The Hall–Kier alpha value is -1.17. The first-order valence-electron chi connectivity index (χ1n) is 6.59. The summed E-state index contributed by atoms with van der Waals surface area (Å²) < 4.78 is 18.8. The fourth-order valence-electron chi connectivity index (χ4n) is 2.76. The Balaban J connectivity index is 0.00000147. The van der Waals surface area contributed by atoms with Crippen molar-refractivity contribution in [2.45, 2.75) is 18.4 Å². The van der Waals surface area contributed by atoms with Crippen molar-refractivity contribution in [2.24, 2.45) is 0 Å². The number of anilines is 1. The number of nitrogens with one attached hydrogen (secondary N) is 1. The highest BCUT2D eigenvalue weighted by molar-refractivity contribution is 5.95. The van der Waals surface area contributed by atoms with Gasteiger partial charge in [0.15, 0.2) is 0 Å². The molecule has 0 bridgehead atoms. The number of morpholine rings is 1. The van der Waals surface area contributed by atoms with E-state index >= 15 is 0 Å². The first-order valence-corrected chi connectivity index (χ1v) is 6.59. The van der Waals surface area contributed by atoms with Gasteiger partial charge in [-0.25, -0.2) is 4.39 Å². The maximum Gasteiger partial charge on any atom is 0.253 e. The maximum atomic E-state index is 13.0. The van der Waals surface area contributed by atoms with Gasteiger partial charge < -0.3 is 15.0 Å². The molecule has 1 aromatic rings. The molecule has 1 aromatic carbocycles. The second-order valence-electron chi connectivity index (χ2n) is 5.18. The summed E-state index contributed by atoms with van der Waals surface area (Å²) in [5, 5.41) is 3.30. The van der Waals surface area contributed by atoms with E-state index in [4.69, 9.17) is 4.74 Å². The molecule has 2 fully saturated rings. The summed E-state index contributed by atoms with van der Waals surface area (Å²) in [7, 11) is 0. The van der Waals surface area contributed by atoms with Crippen LogP contribution >= 0.6 is 12.4 Å². The van der Waals surface area contributed by atoms with Crippen molar-refractivity contribution in [3.05, 3.63) is 30.1 Å². The van der Waals surface area contributed by atoms with Crippen LogP contribution in [0.5, 0.6) is 0 Å². The highest BCUT2D eigenvalue weighted by Gasteiger charge is 2.41. The number of hydrogen-bond acceptors (Lipinski definition) is 3. The van der Waals surface area contributed by atoms with Crippen LogP contribution in [0.15, 0.2) is 24.3 Å². The molecule has 0 radical (unpaired) electrons. The van der Waals surface area contributed by atoms with E-state index in [1.54, 1.807) is 17.0 Å². The monoisotopic (exact) mass is 300 g/mol. The van der Waals surface area contributed by atoms with E-state index < -0.39 is 0 Å². The molecule has 1 N–H and O–H groups in total. The summed E-state index contributed by atoms with van der Waals surface area (Å²) in [6.07, 6.45) is 1.80. The third-order valence-electron chi connectivity index (χ3n) is 3.90. The lowest BCUT2D eigenvalue weighted by atomic mass is 9.90. The normalized spacial score (nSPS) is 21.6. The van der Waals surface area contributed by atoms with Gasteiger partial charge >= 0.3 is 0 Å². The van der Waals surface area contributed by atoms with E-state index in [9.17, 15) is 9.18 Å². The highest BCUT2D eigenvalue weighted by Crippen LogP contribution is 2.30. The number of halogens is 2. The minimum atomic E-state index is -0.291. The number of nitrogens with zero attached hydrogens (tertiary/aromatic N) is 1. The van der Waals surface area contributed by atoms with Crippen LogP contribution in [0.3, 0.4) is 0 Å². The lowest BCUT2D eigenvalue weighted by Crippen LogP contribution is -2.58. The smallest absolute Gasteiger partial charge is 0.253 e. The Labute approximate surface area is 123 Å². The van der Waals surface area contributed by atoms with Gasteiger partial charge in [-0.3, -0.25) is 4.79 Å². The average molecular weight is 301 g/mol. The van der Waals surface area contributed by atoms with E-state index in [2.05, 4.69) is 5.32 Å². The molecule has 4 nitrogen and oxygen atoms in total. The molecular weight excluding hydrogens is 283 g/mol. The van der Waals surface area contributed by atoms with Crippen LogP contribution in [0.2, 0.25) is 0 Å². The van der Waals surface area contributed by atoms with Crippen LogP contribution in [0, 0.1) is 5.82 Å². The molecule has 0 aliphatic carbocycles. The van der Waals surface area contributed by atoms with Crippen LogP contribution in [0.1, 0.15) is 12.8 Å².